The minimum absolute atomic E-state index is 0.269. The van der Waals surface area contributed by atoms with Crippen molar-refractivity contribution in [2.24, 2.45) is 5.84 Å². The Morgan fingerprint density at radius 2 is 1.95 bits per heavy atom. The fraction of sp³-hybridized carbons (Fsp3) is 0.133. The topological polar surface area (TPSA) is 81.1 Å². The van der Waals surface area contributed by atoms with E-state index in [2.05, 4.69) is 5.43 Å². The van der Waals surface area contributed by atoms with Crippen LogP contribution in [0.15, 0.2) is 53.4 Å². The summed E-state index contributed by atoms with van der Waals surface area (Å²) in [4.78, 5) is 12.7. The molecule has 5 N–H and O–H groups in total. The molecule has 0 radical (unpaired) electrons. The average Bonchev–Trinajstić information content (AvgIpc) is 2.50. The Morgan fingerprint density at radius 1 is 1.24 bits per heavy atom. The van der Waals surface area contributed by atoms with Crippen molar-refractivity contribution in [2.75, 3.05) is 11.5 Å². The molecular formula is C15H16FN3OS. The predicted octanol–water partition coefficient (Wildman–Crippen LogP) is 2.27. The van der Waals surface area contributed by atoms with E-state index in [4.69, 9.17) is 11.6 Å². The molecule has 0 aliphatic rings. The van der Waals surface area contributed by atoms with Crippen LogP contribution in [0.25, 0.3) is 0 Å². The van der Waals surface area contributed by atoms with Gasteiger partial charge >= 0.3 is 0 Å². The average molecular weight is 305 g/mol. The number of carbonyl (C=O) groups excluding carboxylic acids is 1. The lowest BCUT2D eigenvalue weighted by atomic mass is 10.0. The summed E-state index contributed by atoms with van der Waals surface area (Å²) in [5.74, 6) is 4.66. The van der Waals surface area contributed by atoms with Gasteiger partial charge in [-0.15, -0.1) is 11.8 Å². The molecular weight excluding hydrogens is 289 g/mol. The van der Waals surface area contributed by atoms with Crippen LogP contribution in [-0.2, 0) is 4.79 Å². The lowest BCUT2D eigenvalue weighted by Crippen LogP contribution is -2.35. The van der Waals surface area contributed by atoms with Gasteiger partial charge in [-0.25, -0.2) is 10.2 Å². The van der Waals surface area contributed by atoms with Gasteiger partial charge in [0.1, 0.15) is 5.82 Å². The number of hydrogen-bond acceptors (Lipinski definition) is 4. The summed E-state index contributed by atoms with van der Waals surface area (Å²) >= 11 is 1.39. The number of nitrogens with two attached hydrogens (primary N) is 2. The summed E-state index contributed by atoms with van der Waals surface area (Å²) in [5, 5.41) is 0. The zero-order chi connectivity index (χ0) is 15.2. The Hall–Kier alpha value is -2.05. The third-order valence-corrected chi connectivity index (χ3v) is 4.22. The highest BCUT2D eigenvalue weighted by atomic mass is 32.2. The van der Waals surface area contributed by atoms with Crippen LogP contribution in [0.2, 0.25) is 0 Å². The Bertz CT molecular complexity index is 622. The molecule has 2 aromatic carbocycles. The van der Waals surface area contributed by atoms with E-state index in [0.717, 1.165) is 10.5 Å². The second kappa shape index (κ2) is 7.10. The van der Waals surface area contributed by atoms with Crippen molar-refractivity contribution in [3.63, 3.8) is 0 Å². The van der Waals surface area contributed by atoms with Gasteiger partial charge in [0.2, 0.25) is 5.91 Å². The highest BCUT2D eigenvalue weighted by molar-refractivity contribution is 7.99. The summed E-state index contributed by atoms with van der Waals surface area (Å²) in [7, 11) is 0. The van der Waals surface area contributed by atoms with Gasteiger partial charge in [0.15, 0.2) is 0 Å². The second-order valence-electron chi connectivity index (χ2n) is 4.47. The summed E-state index contributed by atoms with van der Waals surface area (Å²) < 4.78 is 13.0. The SMILES string of the molecule is NNC(=O)C(CSc1ccc(F)cc1N)c1ccccc1. The standard InChI is InChI=1S/C15H16FN3OS/c16-11-6-7-14(13(17)8-11)21-9-12(15(20)19-18)10-4-2-1-3-5-10/h1-8,12H,9,17-18H2,(H,19,20). The molecule has 1 unspecified atom stereocenters. The van der Waals surface area contributed by atoms with Gasteiger partial charge in [-0.2, -0.15) is 0 Å². The summed E-state index contributed by atoms with van der Waals surface area (Å²) in [6.07, 6.45) is 0. The van der Waals surface area contributed by atoms with Gasteiger partial charge in [0.25, 0.3) is 0 Å². The van der Waals surface area contributed by atoms with Gasteiger partial charge in [0.05, 0.1) is 5.92 Å². The zero-order valence-electron chi connectivity index (χ0n) is 11.3. The van der Waals surface area contributed by atoms with E-state index in [-0.39, 0.29) is 11.7 Å². The van der Waals surface area contributed by atoms with Crippen LogP contribution in [0.1, 0.15) is 11.5 Å². The molecule has 0 bridgehead atoms. The lowest BCUT2D eigenvalue weighted by molar-refractivity contribution is -0.122. The number of nitrogens with one attached hydrogen (secondary N) is 1. The normalized spacial score (nSPS) is 11.9. The highest BCUT2D eigenvalue weighted by Gasteiger charge is 2.20. The molecule has 21 heavy (non-hydrogen) atoms. The van der Waals surface area contributed by atoms with Crippen molar-refractivity contribution in [3.05, 3.63) is 59.9 Å². The minimum Gasteiger partial charge on any atom is -0.398 e. The molecule has 0 aliphatic heterocycles. The molecule has 0 spiro atoms. The number of anilines is 1. The monoisotopic (exact) mass is 305 g/mol. The fourth-order valence-electron chi connectivity index (χ4n) is 1.93. The van der Waals surface area contributed by atoms with E-state index in [1.54, 1.807) is 6.07 Å². The van der Waals surface area contributed by atoms with Crippen LogP contribution in [-0.4, -0.2) is 11.7 Å². The first-order valence-electron chi connectivity index (χ1n) is 6.35. The van der Waals surface area contributed by atoms with Crippen molar-refractivity contribution in [1.82, 2.24) is 5.43 Å². The van der Waals surface area contributed by atoms with Crippen LogP contribution < -0.4 is 17.0 Å². The smallest absolute Gasteiger partial charge is 0.242 e. The first kappa shape index (κ1) is 15.3. The maximum atomic E-state index is 13.0. The molecule has 2 rings (SSSR count). The Kier molecular flexibility index (Phi) is 5.19. The first-order chi connectivity index (χ1) is 10.1. The number of rotatable bonds is 5. The molecule has 1 atom stereocenters. The number of hydrazine groups is 1. The van der Waals surface area contributed by atoms with Crippen LogP contribution >= 0.6 is 11.8 Å². The number of amides is 1. The van der Waals surface area contributed by atoms with Crippen molar-refractivity contribution >= 4 is 23.4 Å². The number of thioether (sulfide) groups is 1. The van der Waals surface area contributed by atoms with E-state index in [1.807, 2.05) is 30.3 Å². The van der Waals surface area contributed by atoms with Gasteiger partial charge < -0.3 is 5.73 Å². The maximum absolute atomic E-state index is 13.0. The van der Waals surface area contributed by atoms with E-state index in [1.165, 1.54) is 23.9 Å². The number of carbonyl (C=O) groups is 1. The Labute approximate surface area is 126 Å². The largest absolute Gasteiger partial charge is 0.398 e. The van der Waals surface area contributed by atoms with Crippen molar-refractivity contribution in [2.45, 2.75) is 10.8 Å². The lowest BCUT2D eigenvalue weighted by Gasteiger charge is -2.16. The third-order valence-electron chi connectivity index (χ3n) is 3.04. The third kappa shape index (κ3) is 3.96. The van der Waals surface area contributed by atoms with Gasteiger partial charge in [-0.1, -0.05) is 30.3 Å². The number of nitrogen functional groups attached to an aromatic ring is 1. The van der Waals surface area contributed by atoms with Crippen LogP contribution in [0.3, 0.4) is 0 Å². The molecule has 2 aromatic rings. The van der Waals surface area contributed by atoms with Gasteiger partial charge in [0, 0.05) is 16.3 Å². The predicted molar refractivity (Wildman–Crippen MR) is 83.0 cm³/mol. The molecule has 0 aliphatic carbocycles. The van der Waals surface area contributed by atoms with Crippen molar-refractivity contribution in [1.29, 1.82) is 0 Å². The van der Waals surface area contributed by atoms with E-state index in [0.29, 0.717) is 11.4 Å². The summed E-state index contributed by atoms with van der Waals surface area (Å²) in [6, 6.07) is 13.6. The Morgan fingerprint density at radius 3 is 2.57 bits per heavy atom. The second-order valence-corrected chi connectivity index (χ2v) is 5.53. The van der Waals surface area contributed by atoms with E-state index in [9.17, 15) is 9.18 Å². The van der Waals surface area contributed by atoms with Crippen LogP contribution in [0.5, 0.6) is 0 Å². The molecule has 0 fully saturated rings. The summed E-state index contributed by atoms with van der Waals surface area (Å²) in [6.45, 7) is 0. The van der Waals surface area contributed by atoms with Gasteiger partial charge in [-0.3, -0.25) is 10.2 Å². The fourth-order valence-corrected chi connectivity index (χ4v) is 3.01. The quantitative estimate of drug-likeness (QED) is 0.260. The highest BCUT2D eigenvalue weighted by Crippen LogP contribution is 2.30. The Balaban J connectivity index is 2.15. The van der Waals surface area contributed by atoms with E-state index >= 15 is 0 Å². The molecule has 0 saturated carbocycles. The molecule has 0 heterocycles. The van der Waals surface area contributed by atoms with Crippen LogP contribution in [0.4, 0.5) is 10.1 Å². The number of benzene rings is 2. The molecule has 1 amide bonds. The zero-order valence-corrected chi connectivity index (χ0v) is 12.1. The van der Waals surface area contributed by atoms with E-state index < -0.39 is 5.92 Å². The molecule has 6 heteroatoms. The molecule has 0 aromatic heterocycles. The van der Waals surface area contributed by atoms with Crippen LogP contribution in [0, 0.1) is 5.82 Å². The van der Waals surface area contributed by atoms with Crippen molar-refractivity contribution in [3.8, 4) is 0 Å². The first-order valence-corrected chi connectivity index (χ1v) is 7.33. The summed E-state index contributed by atoms with van der Waals surface area (Å²) in [5.41, 5.74) is 9.18. The molecule has 0 saturated heterocycles. The maximum Gasteiger partial charge on any atom is 0.242 e. The number of hydrogen-bond donors (Lipinski definition) is 3. The van der Waals surface area contributed by atoms with Gasteiger partial charge in [-0.05, 0) is 23.8 Å². The molecule has 110 valence electrons. The minimum atomic E-state index is -0.398. The number of halogens is 1. The van der Waals surface area contributed by atoms with Crippen molar-refractivity contribution < 1.29 is 9.18 Å². The molecule has 4 nitrogen and oxygen atoms in total.